The molecule has 2 N–H and O–H groups in total. The maximum absolute atomic E-state index is 4.70. The van der Waals surface area contributed by atoms with E-state index in [-0.39, 0.29) is 0 Å². The van der Waals surface area contributed by atoms with E-state index in [1.807, 2.05) is 6.04 Å². The van der Waals surface area contributed by atoms with Gasteiger partial charge in [0.25, 0.3) is 0 Å². The van der Waals surface area contributed by atoms with Gasteiger partial charge >= 0.3 is 0 Å². The minimum Gasteiger partial charge on any atom is -0.389 e. The highest BCUT2D eigenvalue weighted by Crippen LogP contribution is 1.42. The SMILES string of the molecule is C#C/N=C\N. The smallest absolute Gasteiger partial charge is 0.0961 e. The third-order valence-corrected chi connectivity index (χ3v) is 0.149. The number of nitrogens with two attached hydrogens (primary N) is 1. The lowest BCUT2D eigenvalue weighted by Crippen LogP contribution is -1.84. The Balaban J connectivity index is 3.04. The fraction of sp³-hybridized carbons (Fsp3) is 0. The van der Waals surface area contributed by atoms with E-state index in [1.54, 1.807) is 0 Å². The van der Waals surface area contributed by atoms with Crippen molar-refractivity contribution in [1.82, 2.24) is 0 Å². The monoisotopic (exact) mass is 68.0 g/mol. The Morgan fingerprint density at radius 2 is 2.60 bits per heavy atom. The topological polar surface area (TPSA) is 38.4 Å². The zero-order valence-electron chi connectivity index (χ0n) is 2.68. The molecule has 0 aliphatic rings. The van der Waals surface area contributed by atoms with Crippen molar-refractivity contribution in [3.8, 4) is 12.5 Å². The molecule has 0 spiro atoms. The predicted octanol–water partition coefficient (Wildman–Crippen LogP) is -0.436. The van der Waals surface area contributed by atoms with Crippen LogP contribution in [0.15, 0.2) is 4.99 Å². The average molecular weight is 68.1 g/mol. The summed E-state index contributed by atoms with van der Waals surface area (Å²) >= 11 is 0. The summed E-state index contributed by atoms with van der Waals surface area (Å²) in [5, 5.41) is 0. The van der Waals surface area contributed by atoms with Crippen LogP contribution in [0.3, 0.4) is 0 Å². The number of aliphatic imine (C=N–C) groups is 1. The van der Waals surface area contributed by atoms with E-state index >= 15 is 0 Å². The molecule has 0 bridgehead atoms. The Morgan fingerprint density at radius 1 is 2.00 bits per heavy atom. The van der Waals surface area contributed by atoms with Crippen LogP contribution in [0, 0.1) is 12.5 Å². The maximum atomic E-state index is 4.70. The quantitative estimate of drug-likeness (QED) is 0.233. The molecule has 0 unspecified atom stereocenters. The van der Waals surface area contributed by atoms with Crippen LogP contribution in [0.4, 0.5) is 0 Å². The van der Waals surface area contributed by atoms with Crippen molar-refractivity contribution >= 4 is 6.34 Å². The Hall–Kier alpha value is -0.970. The minimum atomic E-state index is 1.07. The van der Waals surface area contributed by atoms with E-state index in [1.165, 1.54) is 0 Å². The summed E-state index contributed by atoms with van der Waals surface area (Å²) in [6.45, 7) is 0. The molecule has 2 nitrogen and oxygen atoms in total. The molecule has 0 atom stereocenters. The van der Waals surface area contributed by atoms with Crippen LogP contribution < -0.4 is 5.73 Å². The van der Waals surface area contributed by atoms with Gasteiger partial charge in [0.15, 0.2) is 0 Å². The lowest BCUT2D eigenvalue weighted by atomic mass is 11.1. The lowest BCUT2D eigenvalue weighted by Gasteiger charge is -1.55. The fourth-order valence-electron chi connectivity index (χ4n) is 0.0430. The van der Waals surface area contributed by atoms with Gasteiger partial charge < -0.3 is 5.73 Å². The third kappa shape index (κ3) is 3.03. The van der Waals surface area contributed by atoms with E-state index in [2.05, 4.69) is 11.4 Å². The molecule has 0 fully saturated rings. The highest BCUT2D eigenvalue weighted by molar-refractivity contribution is 5.52. The van der Waals surface area contributed by atoms with Gasteiger partial charge in [-0.1, -0.05) is 6.42 Å². The highest BCUT2D eigenvalue weighted by atomic mass is 14.8. The molecule has 0 heterocycles. The van der Waals surface area contributed by atoms with Crippen LogP contribution in [0.5, 0.6) is 0 Å². The minimum absolute atomic E-state index is 1.07. The molecule has 0 aromatic heterocycles. The molecule has 0 saturated heterocycles. The van der Waals surface area contributed by atoms with Gasteiger partial charge in [-0.05, 0) is 0 Å². The van der Waals surface area contributed by atoms with Crippen LogP contribution in [0.2, 0.25) is 0 Å². The molecule has 5 heavy (non-hydrogen) atoms. The summed E-state index contributed by atoms with van der Waals surface area (Å²) in [6, 6.07) is 1.96. The van der Waals surface area contributed by atoms with Crippen molar-refractivity contribution in [1.29, 1.82) is 0 Å². The second-order valence-corrected chi connectivity index (χ2v) is 0.407. The zero-order valence-corrected chi connectivity index (χ0v) is 2.68. The first-order valence-electron chi connectivity index (χ1n) is 1.10. The van der Waals surface area contributed by atoms with Gasteiger partial charge in [-0.2, -0.15) is 4.99 Å². The number of hydrogen-bond donors (Lipinski definition) is 1. The Kier molecular flexibility index (Phi) is 2.44. The van der Waals surface area contributed by atoms with E-state index in [0.717, 1.165) is 6.34 Å². The van der Waals surface area contributed by atoms with Crippen LogP contribution in [-0.4, -0.2) is 6.34 Å². The van der Waals surface area contributed by atoms with Crippen LogP contribution in [0.25, 0.3) is 0 Å². The summed E-state index contributed by atoms with van der Waals surface area (Å²) in [4.78, 5) is 3.15. The molecule has 0 amide bonds. The summed E-state index contributed by atoms with van der Waals surface area (Å²) in [6.07, 6.45) is 5.68. The van der Waals surface area contributed by atoms with E-state index < -0.39 is 0 Å². The first kappa shape index (κ1) is 4.03. The molecule has 26 valence electrons. The molecule has 0 aromatic rings. The van der Waals surface area contributed by atoms with E-state index in [0.29, 0.717) is 0 Å². The van der Waals surface area contributed by atoms with Crippen molar-refractivity contribution in [3.63, 3.8) is 0 Å². The molecule has 2 heteroatoms. The van der Waals surface area contributed by atoms with E-state index in [9.17, 15) is 0 Å². The molecular formula is C3H4N2. The van der Waals surface area contributed by atoms with Crippen molar-refractivity contribution in [2.45, 2.75) is 0 Å². The molecule has 0 aromatic carbocycles. The second kappa shape index (κ2) is 3.03. The average Bonchev–Trinajstić information content (AvgIpc) is 1.41. The lowest BCUT2D eigenvalue weighted by molar-refractivity contribution is 1.66. The Bertz CT molecular complexity index is 67.5. The van der Waals surface area contributed by atoms with Crippen molar-refractivity contribution in [2.75, 3.05) is 0 Å². The molecule has 0 aliphatic heterocycles. The largest absolute Gasteiger partial charge is 0.389 e. The van der Waals surface area contributed by atoms with Gasteiger partial charge in [-0.3, -0.25) is 0 Å². The van der Waals surface area contributed by atoms with Gasteiger partial charge in [-0.15, -0.1) is 0 Å². The summed E-state index contributed by atoms with van der Waals surface area (Å²) in [7, 11) is 0. The van der Waals surface area contributed by atoms with Crippen molar-refractivity contribution in [2.24, 2.45) is 10.7 Å². The molecule has 0 rings (SSSR count). The molecule has 0 radical (unpaired) electrons. The van der Waals surface area contributed by atoms with Gasteiger partial charge in [-0.25, -0.2) is 0 Å². The predicted molar refractivity (Wildman–Crippen MR) is 21.5 cm³/mol. The zero-order chi connectivity index (χ0) is 4.12. The number of terminal acetylenes is 1. The van der Waals surface area contributed by atoms with Crippen LogP contribution in [0.1, 0.15) is 0 Å². The Labute approximate surface area is 30.7 Å². The van der Waals surface area contributed by atoms with Gasteiger partial charge in [0.05, 0.1) is 6.34 Å². The first-order chi connectivity index (χ1) is 2.41. The Morgan fingerprint density at radius 3 is 2.60 bits per heavy atom. The summed E-state index contributed by atoms with van der Waals surface area (Å²) in [5.74, 6) is 0. The third-order valence-electron chi connectivity index (χ3n) is 0.149. The maximum Gasteiger partial charge on any atom is 0.0961 e. The van der Waals surface area contributed by atoms with E-state index in [4.69, 9.17) is 5.73 Å². The highest BCUT2D eigenvalue weighted by Gasteiger charge is 1.39. The molecular weight excluding hydrogens is 64.0 g/mol. The van der Waals surface area contributed by atoms with Crippen molar-refractivity contribution < 1.29 is 0 Å². The van der Waals surface area contributed by atoms with Gasteiger partial charge in [0.2, 0.25) is 0 Å². The second-order valence-electron chi connectivity index (χ2n) is 0.407. The number of hydrogen-bond acceptors (Lipinski definition) is 1. The molecule has 0 aliphatic carbocycles. The molecule has 0 saturated carbocycles. The van der Waals surface area contributed by atoms with Gasteiger partial charge in [0.1, 0.15) is 0 Å². The first-order valence-corrected chi connectivity index (χ1v) is 1.10. The number of nitrogens with zero attached hydrogens (tertiary/aromatic N) is 1. The summed E-state index contributed by atoms with van der Waals surface area (Å²) < 4.78 is 0. The van der Waals surface area contributed by atoms with Crippen LogP contribution in [-0.2, 0) is 0 Å². The summed E-state index contributed by atoms with van der Waals surface area (Å²) in [5.41, 5.74) is 4.70. The van der Waals surface area contributed by atoms with Crippen molar-refractivity contribution in [3.05, 3.63) is 0 Å². The fourth-order valence-corrected chi connectivity index (χ4v) is 0.0430. The van der Waals surface area contributed by atoms with Crippen LogP contribution >= 0.6 is 0 Å². The standard InChI is InChI=1S/C3H4N2/c1-2-5-3-4/h1,3H,(H2,4,5). The van der Waals surface area contributed by atoms with Gasteiger partial charge in [0, 0.05) is 6.04 Å². The number of rotatable bonds is 0. The normalized spacial score (nSPS) is 7.80.